The first kappa shape index (κ1) is 18.6. The van der Waals surface area contributed by atoms with Gasteiger partial charge in [-0.15, -0.1) is 0 Å². The van der Waals surface area contributed by atoms with E-state index in [1.165, 1.54) is 12.1 Å². The van der Waals surface area contributed by atoms with Crippen LogP contribution in [-0.4, -0.2) is 15.9 Å². The number of aryl methyl sites for hydroxylation is 1. The zero-order valence-electron chi connectivity index (χ0n) is 15.8. The van der Waals surface area contributed by atoms with Crippen LogP contribution in [0.3, 0.4) is 0 Å². The average molecular weight is 386 g/mol. The maximum atomic E-state index is 13.2. The van der Waals surface area contributed by atoms with Gasteiger partial charge in [0.05, 0.1) is 5.52 Å². The Morgan fingerprint density at radius 3 is 2.41 bits per heavy atom. The summed E-state index contributed by atoms with van der Waals surface area (Å²) in [5.74, 6) is -0.124. The fourth-order valence-corrected chi connectivity index (χ4v) is 2.91. The normalized spacial score (nSPS) is 10.7. The maximum Gasteiger partial charge on any atom is 0.289 e. The fourth-order valence-electron chi connectivity index (χ4n) is 2.91. The van der Waals surface area contributed by atoms with E-state index < -0.39 is 0 Å². The molecule has 0 saturated carbocycles. The van der Waals surface area contributed by atoms with Crippen molar-refractivity contribution in [2.45, 2.75) is 13.5 Å². The molecule has 6 heteroatoms. The van der Waals surface area contributed by atoms with Crippen LogP contribution in [0.2, 0.25) is 0 Å². The van der Waals surface area contributed by atoms with Crippen molar-refractivity contribution in [3.63, 3.8) is 0 Å². The third-order valence-corrected chi connectivity index (χ3v) is 4.49. The first-order valence-electron chi connectivity index (χ1n) is 9.21. The number of fused-ring (bicyclic) bond motifs is 1. The molecule has 144 valence electrons. The van der Waals surface area contributed by atoms with Crippen LogP contribution in [0.25, 0.3) is 10.9 Å². The number of aromatic nitrogens is 2. The molecule has 0 saturated heterocycles. The predicted octanol–water partition coefficient (Wildman–Crippen LogP) is 4.75. The Morgan fingerprint density at radius 1 is 0.931 bits per heavy atom. The summed E-state index contributed by atoms with van der Waals surface area (Å²) in [6.07, 6.45) is 0. The highest BCUT2D eigenvalue weighted by molar-refractivity contribution is 5.97. The van der Waals surface area contributed by atoms with Crippen molar-refractivity contribution in [3.05, 3.63) is 95.6 Å². The largest absolute Gasteiger partial charge is 0.345 e. The van der Waals surface area contributed by atoms with Gasteiger partial charge in [-0.25, -0.2) is 14.4 Å². The lowest BCUT2D eigenvalue weighted by Gasteiger charge is -2.11. The number of carbonyl (C=O) groups is 1. The van der Waals surface area contributed by atoms with E-state index in [4.69, 9.17) is 0 Å². The lowest BCUT2D eigenvalue weighted by Crippen LogP contribution is -2.25. The number of para-hydroxylation sites is 1. The molecule has 5 nitrogen and oxygen atoms in total. The van der Waals surface area contributed by atoms with Crippen molar-refractivity contribution < 1.29 is 9.18 Å². The van der Waals surface area contributed by atoms with Gasteiger partial charge >= 0.3 is 0 Å². The Bertz CT molecular complexity index is 1160. The Labute approximate surface area is 167 Å². The van der Waals surface area contributed by atoms with E-state index in [0.29, 0.717) is 23.6 Å². The molecule has 0 radical (unpaired) electrons. The van der Waals surface area contributed by atoms with Crippen LogP contribution in [0.1, 0.15) is 21.7 Å². The zero-order chi connectivity index (χ0) is 20.2. The molecule has 1 heterocycles. The molecule has 0 aliphatic heterocycles. The minimum atomic E-state index is -0.363. The summed E-state index contributed by atoms with van der Waals surface area (Å²) in [6.45, 7) is 2.40. The highest BCUT2D eigenvalue weighted by Crippen LogP contribution is 2.24. The van der Waals surface area contributed by atoms with Crippen LogP contribution in [0.15, 0.2) is 72.8 Å². The van der Waals surface area contributed by atoms with Gasteiger partial charge in [-0.2, -0.15) is 0 Å². The van der Waals surface area contributed by atoms with Gasteiger partial charge in [0.1, 0.15) is 11.6 Å². The van der Waals surface area contributed by atoms with Crippen LogP contribution in [0.4, 0.5) is 15.9 Å². The van der Waals surface area contributed by atoms with Gasteiger partial charge in [0.25, 0.3) is 5.91 Å². The standard InChI is InChI=1S/C23H19FN4O/c1-15-6-8-16(9-7-15)14-25-23(29)22-27-20-5-3-2-4-19(20)21(28-22)26-18-12-10-17(24)11-13-18/h2-13H,14H2,1H3,(H,25,29)(H,26,27,28). The molecule has 0 bridgehead atoms. The van der Waals surface area contributed by atoms with Crippen LogP contribution in [-0.2, 0) is 6.54 Å². The predicted molar refractivity (Wildman–Crippen MR) is 112 cm³/mol. The summed E-state index contributed by atoms with van der Waals surface area (Å²) in [5.41, 5.74) is 3.47. The summed E-state index contributed by atoms with van der Waals surface area (Å²) in [7, 11) is 0. The van der Waals surface area contributed by atoms with Crippen molar-refractivity contribution in [2.75, 3.05) is 5.32 Å². The van der Waals surface area contributed by atoms with E-state index in [-0.39, 0.29) is 17.5 Å². The van der Waals surface area contributed by atoms with Crippen LogP contribution in [0.5, 0.6) is 0 Å². The average Bonchev–Trinajstić information content (AvgIpc) is 2.74. The number of amides is 1. The first-order valence-corrected chi connectivity index (χ1v) is 9.21. The number of hydrogen-bond donors (Lipinski definition) is 2. The fraction of sp³-hybridized carbons (Fsp3) is 0.0870. The number of rotatable bonds is 5. The van der Waals surface area contributed by atoms with E-state index in [1.807, 2.05) is 55.5 Å². The summed E-state index contributed by atoms with van der Waals surface area (Å²) in [4.78, 5) is 21.5. The van der Waals surface area contributed by atoms with E-state index in [2.05, 4.69) is 20.6 Å². The highest BCUT2D eigenvalue weighted by Gasteiger charge is 2.14. The number of benzene rings is 3. The molecule has 0 unspecified atom stereocenters. The van der Waals surface area contributed by atoms with Gasteiger partial charge in [0.2, 0.25) is 5.82 Å². The number of carbonyl (C=O) groups excluding carboxylic acids is 1. The van der Waals surface area contributed by atoms with Gasteiger partial charge in [-0.1, -0.05) is 42.0 Å². The molecular formula is C23H19FN4O. The van der Waals surface area contributed by atoms with Gasteiger partial charge in [-0.3, -0.25) is 4.79 Å². The Balaban J connectivity index is 1.61. The van der Waals surface area contributed by atoms with Crippen LogP contribution >= 0.6 is 0 Å². The van der Waals surface area contributed by atoms with E-state index >= 15 is 0 Å². The molecular weight excluding hydrogens is 367 g/mol. The number of nitrogens with zero attached hydrogens (tertiary/aromatic N) is 2. The van der Waals surface area contributed by atoms with E-state index in [1.54, 1.807) is 12.1 Å². The van der Waals surface area contributed by atoms with E-state index in [9.17, 15) is 9.18 Å². The third-order valence-electron chi connectivity index (χ3n) is 4.49. The molecule has 4 rings (SSSR count). The van der Waals surface area contributed by atoms with Gasteiger partial charge in [0, 0.05) is 17.6 Å². The quantitative estimate of drug-likeness (QED) is 0.519. The van der Waals surface area contributed by atoms with E-state index in [0.717, 1.165) is 16.5 Å². The monoisotopic (exact) mass is 386 g/mol. The van der Waals surface area contributed by atoms with Crippen molar-refractivity contribution in [1.29, 1.82) is 0 Å². The minimum Gasteiger partial charge on any atom is -0.345 e. The molecule has 0 aliphatic rings. The number of anilines is 2. The zero-order valence-corrected chi connectivity index (χ0v) is 15.8. The molecule has 0 spiro atoms. The Hall–Kier alpha value is -3.80. The minimum absolute atomic E-state index is 0.0698. The van der Waals surface area contributed by atoms with Crippen LogP contribution in [0, 0.1) is 12.7 Å². The second-order valence-corrected chi connectivity index (χ2v) is 6.71. The Kier molecular flexibility index (Phi) is 5.16. The lowest BCUT2D eigenvalue weighted by molar-refractivity contribution is 0.0941. The molecule has 1 aromatic heterocycles. The maximum absolute atomic E-state index is 13.2. The molecule has 1 amide bonds. The number of halogens is 1. The highest BCUT2D eigenvalue weighted by atomic mass is 19.1. The van der Waals surface area contributed by atoms with Crippen molar-refractivity contribution >= 4 is 28.3 Å². The van der Waals surface area contributed by atoms with Gasteiger partial charge < -0.3 is 10.6 Å². The topological polar surface area (TPSA) is 66.9 Å². The summed E-state index contributed by atoms with van der Waals surface area (Å²) >= 11 is 0. The van der Waals surface area contributed by atoms with Crippen molar-refractivity contribution in [3.8, 4) is 0 Å². The number of nitrogens with one attached hydrogen (secondary N) is 2. The molecule has 29 heavy (non-hydrogen) atoms. The molecule has 3 aromatic carbocycles. The molecule has 0 fully saturated rings. The van der Waals surface area contributed by atoms with Gasteiger partial charge in [-0.05, 0) is 48.9 Å². The first-order chi connectivity index (χ1) is 14.1. The lowest BCUT2D eigenvalue weighted by atomic mass is 10.1. The van der Waals surface area contributed by atoms with Crippen molar-refractivity contribution in [2.24, 2.45) is 0 Å². The summed E-state index contributed by atoms with van der Waals surface area (Å²) in [5, 5.41) is 6.78. The second kappa shape index (κ2) is 8.06. The summed E-state index contributed by atoms with van der Waals surface area (Å²) < 4.78 is 13.2. The number of hydrogen-bond acceptors (Lipinski definition) is 4. The molecule has 2 N–H and O–H groups in total. The molecule has 0 atom stereocenters. The second-order valence-electron chi connectivity index (χ2n) is 6.71. The van der Waals surface area contributed by atoms with Crippen LogP contribution < -0.4 is 10.6 Å². The summed E-state index contributed by atoms with van der Waals surface area (Å²) in [6, 6.07) is 21.3. The molecule has 0 aliphatic carbocycles. The van der Waals surface area contributed by atoms with Crippen molar-refractivity contribution in [1.82, 2.24) is 15.3 Å². The smallest absolute Gasteiger partial charge is 0.289 e. The SMILES string of the molecule is Cc1ccc(CNC(=O)c2nc(Nc3ccc(F)cc3)c3ccccc3n2)cc1. The Morgan fingerprint density at radius 2 is 1.66 bits per heavy atom. The third kappa shape index (κ3) is 4.38. The van der Waals surface area contributed by atoms with Gasteiger partial charge in [0.15, 0.2) is 0 Å². The molecule has 4 aromatic rings.